The minimum atomic E-state index is -0.658. The molecule has 0 heterocycles. The van der Waals surface area contributed by atoms with Crippen molar-refractivity contribution in [2.45, 2.75) is 19.8 Å². The molecule has 0 unspecified atom stereocenters. The van der Waals surface area contributed by atoms with E-state index in [0.29, 0.717) is 17.4 Å². The van der Waals surface area contributed by atoms with Gasteiger partial charge in [0.15, 0.2) is 0 Å². The van der Waals surface area contributed by atoms with E-state index in [-0.39, 0.29) is 0 Å². The van der Waals surface area contributed by atoms with Crippen molar-refractivity contribution in [1.29, 1.82) is 0 Å². The monoisotopic (exact) mass is 282 g/mol. The van der Waals surface area contributed by atoms with Crippen molar-refractivity contribution in [2.24, 2.45) is 0 Å². The van der Waals surface area contributed by atoms with Crippen LogP contribution in [0.15, 0.2) is 36.4 Å². The highest BCUT2D eigenvalue weighted by Gasteiger charge is 2.03. The highest BCUT2D eigenvalue weighted by Crippen LogP contribution is 2.17. The highest BCUT2D eigenvalue weighted by atomic mass is 35.5. The van der Waals surface area contributed by atoms with Gasteiger partial charge in [-0.1, -0.05) is 31.0 Å². The first-order chi connectivity index (χ1) is 9.11. The van der Waals surface area contributed by atoms with E-state index in [1.165, 1.54) is 6.07 Å². The van der Waals surface area contributed by atoms with Crippen molar-refractivity contribution in [2.75, 3.05) is 6.61 Å². The molecular formula is C14H15ClO4. The summed E-state index contributed by atoms with van der Waals surface area (Å²) in [5.41, 5.74) is 0. The summed E-state index contributed by atoms with van der Waals surface area (Å²) in [6, 6.07) is 6.43. The summed E-state index contributed by atoms with van der Waals surface area (Å²) >= 11 is 5.74. The molecule has 0 radical (unpaired) electrons. The predicted octanol–water partition coefficient (Wildman–Crippen LogP) is 3.14. The second-order valence-electron chi connectivity index (χ2n) is 3.73. The van der Waals surface area contributed by atoms with Gasteiger partial charge in [-0.15, -0.1) is 0 Å². The summed E-state index contributed by atoms with van der Waals surface area (Å²) in [6.45, 7) is 2.34. The molecule has 19 heavy (non-hydrogen) atoms. The lowest BCUT2D eigenvalue weighted by atomic mass is 10.3. The number of halogens is 1. The number of hydrogen-bond donors (Lipinski definition) is 0. The topological polar surface area (TPSA) is 52.6 Å². The van der Waals surface area contributed by atoms with Crippen LogP contribution in [-0.2, 0) is 14.3 Å². The van der Waals surface area contributed by atoms with E-state index < -0.39 is 11.9 Å². The maximum Gasteiger partial charge on any atom is 0.336 e. The van der Waals surface area contributed by atoms with Crippen molar-refractivity contribution in [3.05, 3.63) is 41.4 Å². The SMILES string of the molecule is CCCCOC(=O)/C=C/C(=O)Oc1cccc(Cl)c1. The summed E-state index contributed by atoms with van der Waals surface area (Å²) in [5.74, 6) is -0.896. The molecule has 0 fully saturated rings. The average Bonchev–Trinajstić information content (AvgIpc) is 2.37. The molecule has 102 valence electrons. The largest absolute Gasteiger partial charge is 0.463 e. The van der Waals surface area contributed by atoms with Crippen LogP contribution < -0.4 is 4.74 Å². The van der Waals surface area contributed by atoms with Crippen molar-refractivity contribution in [3.63, 3.8) is 0 Å². The van der Waals surface area contributed by atoms with E-state index in [9.17, 15) is 9.59 Å². The number of ether oxygens (including phenoxy) is 2. The molecule has 0 saturated carbocycles. The van der Waals surface area contributed by atoms with E-state index >= 15 is 0 Å². The molecule has 0 bridgehead atoms. The zero-order valence-electron chi connectivity index (χ0n) is 10.6. The maximum absolute atomic E-state index is 11.4. The van der Waals surface area contributed by atoms with Crippen LogP contribution in [0.2, 0.25) is 5.02 Å². The Labute approximate surface area is 117 Å². The normalized spacial score (nSPS) is 10.4. The van der Waals surface area contributed by atoms with E-state index in [1.54, 1.807) is 18.2 Å². The fraction of sp³-hybridized carbons (Fsp3) is 0.286. The van der Waals surface area contributed by atoms with Crippen LogP contribution >= 0.6 is 11.6 Å². The smallest absolute Gasteiger partial charge is 0.336 e. The first-order valence-corrected chi connectivity index (χ1v) is 6.32. The van der Waals surface area contributed by atoms with Crippen LogP contribution in [0.5, 0.6) is 5.75 Å². The lowest BCUT2D eigenvalue weighted by Crippen LogP contribution is -2.07. The number of benzene rings is 1. The summed E-state index contributed by atoms with van der Waals surface area (Å²) in [4.78, 5) is 22.6. The first kappa shape index (κ1) is 15.2. The average molecular weight is 283 g/mol. The highest BCUT2D eigenvalue weighted by molar-refractivity contribution is 6.30. The number of carbonyl (C=O) groups is 2. The summed E-state index contributed by atoms with van der Waals surface area (Å²) in [5, 5.41) is 0.466. The fourth-order valence-corrected chi connectivity index (χ4v) is 1.36. The zero-order valence-corrected chi connectivity index (χ0v) is 11.4. The van der Waals surface area contributed by atoms with Gasteiger partial charge in [-0.2, -0.15) is 0 Å². The quantitative estimate of drug-likeness (QED) is 0.348. The lowest BCUT2D eigenvalue weighted by molar-refractivity contribution is -0.138. The van der Waals surface area contributed by atoms with Crippen LogP contribution in [0, 0.1) is 0 Å². The maximum atomic E-state index is 11.4. The zero-order chi connectivity index (χ0) is 14.1. The minimum Gasteiger partial charge on any atom is -0.463 e. The van der Waals surface area contributed by atoms with E-state index in [1.807, 2.05) is 6.92 Å². The van der Waals surface area contributed by atoms with Gasteiger partial charge in [0.05, 0.1) is 6.61 Å². The van der Waals surface area contributed by atoms with Gasteiger partial charge in [0.25, 0.3) is 0 Å². The molecule has 0 atom stereocenters. The van der Waals surface area contributed by atoms with Crippen LogP contribution in [0.25, 0.3) is 0 Å². The van der Waals surface area contributed by atoms with E-state index in [2.05, 4.69) is 0 Å². The van der Waals surface area contributed by atoms with Gasteiger partial charge in [0.1, 0.15) is 5.75 Å². The molecule has 0 N–H and O–H groups in total. The Kier molecular flexibility index (Phi) is 6.68. The van der Waals surface area contributed by atoms with Crippen LogP contribution in [-0.4, -0.2) is 18.5 Å². The molecule has 1 aromatic rings. The van der Waals surface area contributed by atoms with Gasteiger partial charge >= 0.3 is 11.9 Å². The van der Waals surface area contributed by atoms with Gasteiger partial charge in [0.2, 0.25) is 0 Å². The fourth-order valence-electron chi connectivity index (χ4n) is 1.18. The molecule has 0 aliphatic rings. The molecule has 0 aliphatic carbocycles. The van der Waals surface area contributed by atoms with E-state index in [0.717, 1.165) is 25.0 Å². The van der Waals surface area contributed by atoms with Crippen molar-refractivity contribution >= 4 is 23.5 Å². The van der Waals surface area contributed by atoms with E-state index in [4.69, 9.17) is 21.1 Å². The van der Waals surface area contributed by atoms with Gasteiger partial charge in [-0.05, 0) is 24.6 Å². The molecule has 0 amide bonds. The Morgan fingerprint density at radius 2 is 2.00 bits per heavy atom. The van der Waals surface area contributed by atoms with Gasteiger partial charge < -0.3 is 9.47 Å². The number of carbonyl (C=O) groups excluding carboxylic acids is 2. The Morgan fingerprint density at radius 3 is 2.68 bits per heavy atom. The van der Waals surface area contributed by atoms with Crippen LogP contribution in [0.4, 0.5) is 0 Å². The summed E-state index contributed by atoms with van der Waals surface area (Å²) in [7, 11) is 0. The molecule has 0 spiro atoms. The molecule has 0 aliphatic heterocycles. The van der Waals surface area contributed by atoms with Crippen LogP contribution in [0.1, 0.15) is 19.8 Å². The number of unbranched alkanes of at least 4 members (excludes halogenated alkanes) is 1. The van der Waals surface area contributed by atoms with Gasteiger partial charge in [-0.3, -0.25) is 0 Å². The number of rotatable bonds is 6. The molecular weight excluding hydrogens is 268 g/mol. The Balaban J connectivity index is 2.40. The Bertz CT molecular complexity index is 468. The number of esters is 2. The molecule has 1 rings (SSSR count). The minimum absolute atomic E-state index is 0.321. The summed E-state index contributed by atoms with van der Waals surface area (Å²) < 4.78 is 9.80. The standard InChI is InChI=1S/C14H15ClO4/c1-2-3-9-18-13(16)7-8-14(17)19-12-6-4-5-11(15)10-12/h4-8,10H,2-3,9H2,1H3/b8-7+. The predicted molar refractivity (Wildman–Crippen MR) is 72.1 cm³/mol. The third-order valence-electron chi connectivity index (χ3n) is 2.11. The Morgan fingerprint density at radius 1 is 1.26 bits per heavy atom. The molecule has 0 saturated heterocycles. The lowest BCUT2D eigenvalue weighted by Gasteiger charge is -2.01. The molecule has 0 aromatic heterocycles. The molecule has 1 aromatic carbocycles. The van der Waals surface area contributed by atoms with Crippen molar-refractivity contribution in [1.82, 2.24) is 0 Å². The van der Waals surface area contributed by atoms with Gasteiger partial charge in [-0.25, -0.2) is 9.59 Å². The number of hydrogen-bond acceptors (Lipinski definition) is 4. The third kappa shape index (κ3) is 6.62. The van der Waals surface area contributed by atoms with Crippen molar-refractivity contribution < 1.29 is 19.1 Å². The Hall–Kier alpha value is -1.81. The molecule has 4 nitrogen and oxygen atoms in total. The molecule has 5 heteroatoms. The van der Waals surface area contributed by atoms with Crippen molar-refractivity contribution in [3.8, 4) is 5.75 Å². The van der Waals surface area contributed by atoms with Gasteiger partial charge in [0, 0.05) is 17.2 Å². The van der Waals surface area contributed by atoms with Crippen LogP contribution in [0.3, 0.4) is 0 Å². The first-order valence-electron chi connectivity index (χ1n) is 5.94. The summed E-state index contributed by atoms with van der Waals surface area (Å²) in [6.07, 6.45) is 3.80. The third-order valence-corrected chi connectivity index (χ3v) is 2.35. The second-order valence-corrected chi connectivity index (χ2v) is 4.17. The second kappa shape index (κ2) is 8.32.